The fourth-order valence-corrected chi connectivity index (χ4v) is 4.17. The largest absolute Gasteiger partial charge is 0.435 e. The lowest BCUT2D eigenvalue weighted by Crippen LogP contribution is -2.44. The topological polar surface area (TPSA) is 55.6 Å². The van der Waals surface area contributed by atoms with E-state index in [1.807, 2.05) is 24.0 Å². The van der Waals surface area contributed by atoms with Gasteiger partial charge in [-0.05, 0) is 67.6 Å². The third-order valence-electron chi connectivity index (χ3n) is 4.67. The van der Waals surface area contributed by atoms with Crippen LogP contribution in [0.5, 0.6) is 5.75 Å². The van der Waals surface area contributed by atoms with Gasteiger partial charge in [-0.2, -0.15) is 8.78 Å². The Labute approximate surface area is 167 Å². The Kier molecular flexibility index (Phi) is 7.59. The first-order valence-electron chi connectivity index (χ1n) is 8.64. The van der Waals surface area contributed by atoms with E-state index in [1.54, 1.807) is 12.1 Å². The molecular weight excluding hydrogens is 394 g/mol. The Balaban J connectivity index is 0.00000261. The quantitative estimate of drug-likeness (QED) is 0.772. The number of thiophene rings is 1. The standard InChI is InChI=1S/C19H22F2N2O2S.ClH/c1-12(22)14-3-2-10-23(11-14)18(24)17-9-8-16(26-17)13-4-6-15(7-5-13)25-19(20)21;/h4-9,12,14,19H,2-3,10-11,22H2,1H3;1H. The van der Waals surface area contributed by atoms with Crippen molar-refractivity contribution >= 4 is 29.7 Å². The lowest BCUT2D eigenvalue weighted by atomic mass is 9.92. The Morgan fingerprint density at radius 2 is 1.96 bits per heavy atom. The maximum Gasteiger partial charge on any atom is 0.387 e. The van der Waals surface area contributed by atoms with Crippen LogP contribution in [-0.2, 0) is 0 Å². The van der Waals surface area contributed by atoms with Crippen LogP contribution in [0.3, 0.4) is 0 Å². The number of rotatable bonds is 5. The zero-order chi connectivity index (χ0) is 18.7. The van der Waals surface area contributed by atoms with E-state index in [4.69, 9.17) is 5.73 Å². The molecule has 2 atom stereocenters. The van der Waals surface area contributed by atoms with Gasteiger partial charge in [0.2, 0.25) is 0 Å². The number of amides is 1. The van der Waals surface area contributed by atoms with Crippen molar-refractivity contribution in [1.29, 1.82) is 0 Å². The van der Waals surface area contributed by atoms with Gasteiger partial charge in [0.1, 0.15) is 5.75 Å². The van der Waals surface area contributed by atoms with Crippen LogP contribution in [0.25, 0.3) is 10.4 Å². The number of benzene rings is 1. The van der Waals surface area contributed by atoms with Crippen molar-refractivity contribution in [3.05, 3.63) is 41.3 Å². The number of nitrogens with two attached hydrogens (primary N) is 1. The average molecular weight is 417 g/mol. The Bertz CT molecular complexity index is 752. The molecule has 1 aromatic carbocycles. The minimum atomic E-state index is -2.84. The molecule has 148 valence electrons. The summed E-state index contributed by atoms with van der Waals surface area (Å²) in [5, 5.41) is 0. The Morgan fingerprint density at radius 3 is 2.59 bits per heavy atom. The highest BCUT2D eigenvalue weighted by molar-refractivity contribution is 7.17. The number of carbonyl (C=O) groups is 1. The molecule has 3 rings (SSSR count). The number of alkyl halides is 2. The molecule has 0 spiro atoms. The minimum Gasteiger partial charge on any atom is -0.435 e. The highest BCUT2D eigenvalue weighted by atomic mass is 35.5. The summed E-state index contributed by atoms with van der Waals surface area (Å²) in [5.74, 6) is 0.491. The molecule has 0 aliphatic carbocycles. The van der Waals surface area contributed by atoms with Crippen LogP contribution in [0.4, 0.5) is 8.78 Å². The molecule has 4 nitrogen and oxygen atoms in total. The van der Waals surface area contributed by atoms with Gasteiger partial charge in [0.15, 0.2) is 0 Å². The molecule has 8 heteroatoms. The van der Waals surface area contributed by atoms with Crippen molar-refractivity contribution in [1.82, 2.24) is 4.90 Å². The van der Waals surface area contributed by atoms with Crippen molar-refractivity contribution < 1.29 is 18.3 Å². The van der Waals surface area contributed by atoms with E-state index in [-0.39, 0.29) is 30.1 Å². The highest BCUT2D eigenvalue weighted by Gasteiger charge is 2.27. The molecule has 1 fully saturated rings. The molecule has 1 saturated heterocycles. The Hall–Kier alpha value is -1.70. The monoisotopic (exact) mass is 416 g/mol. The number of likely N-dealkylation sites (tertiary alicyclic amines) is 1. The maximum absolute atomic E-state index is 12.8. The highest BCUT2D eigenvalue weighted by Crippen LogP contribution is 2.31. The summed E-state index contributed by atoms with van der Waals surface area (Å²) in [5.41, 5.74) is 6.86. The van der Waals surface area contributed by atoms with Gasteiger partial charge in [-0.15, -0.1) is 23.7 Å². The van der Waals surface area contributed by atoms with Crippen molar-refractivity contribution in [3.63, 3.8) is 0 Å². The summed E-state index contributed by atoms with van der Waals surface area (Å²) in [4.78, 5) is 16.3. The van der Waals surface area contributed by atoms with E-state index in [2.05, 4.69) is 4.74 Å². The molecule has 1 aliphatic rings. The van der Waals surface area contributed by atoms with E-state index in [9.17, 15) is 13.6 Å². The van der Waals surface area contributed by atoms with Gasteiger partial charge < -0.3 is 15.4 Å². The summed E-state index contributed by atoms with van der Waals surface area (Å²) in [6, 6.07) is 10.2. The van der Waals surface area contributed by atoms with Gasteiger partial charge in [0.25, 0.3) is 5.91 Å². The van der Waals surface area contributed by atoms with Gasteiger partial charge in [-0.25, -0.2) is 0 Å². The van der Waals surface area contributed by atoms with E-state index in [0.29, 0.717) is 17.3 Å². The maximum atomic E-state index is 12.8. The molecular formula is C19H23ClF2N2O2S. The number of nitrogens with zero attached hydrogens (tertiary/aromatic N) is 1. The number of hydrogen-bond donors (Lipinski definition) is 1. The van der Waals surface area contributed by atoms with Crippen LogP contribution < -0.4 is 10.5 Å². The lowest BCUT2D eigenvalue weighted by Gasteiger charge is -2.34. The predicted octanol–water partition coefficient (Wildman–Crippen LogP) is 4.64. The van der Waals surface area contributed by atoms with Crippen LogP contribution in [0.15, 0.2) is 36.4 Å². The van der Waals surface area contributed by atoms with Crippen molar-refractivity contribution in [3.8, 4) is 16.2 Å². The average Bonchev–Trinajstić information content (AvgIpc) is 3.11. The fourth-order valence-electron chi connectivity index (χ4n) is 3.19. The minimum absolute atomic E-state index is 0. The van der Waals surface area contributed by atoms with Crippen LogP contribution in [0.1, 0.15) is 29.4 Å². The predicted molar refractivity (Wildman–Crippen MR) is 106 cm³/mol. The lowest BCUT2D eigenvalue weighted by molar-refractivity contribution is -0.0498. The van der Waals surface area contributed by atoms with Crippen LogP contribution in [0.2, 0.25) is 0 Å². The van der Waals surface area contributed by atoms with E-state index in [1.165, 1.54) is 23.5 Å². The molecule has 27 heavy (non-hydrogen) atoms. The molecule has 2 heterocycles. The summed E-state index contributed by atoms with van der Waals surface area (Å²) in [6.45, 7) is 0.609. The number of hydrogen-bond acceptors (Lipinski definition) is 4. The normalized spacial score (nSPS) is 18.1. The van der Waals surface area contributed by atoms with Gasteiger partial charge in [-0.3, -0.25) is 4.79 Å². The zero-order valence-electron chi connectivity index (χ0n) is 14.9. The first-order chi connectivity index (χ1) is 12.4. The second-order valence-corrected chi connectivity index (χ2v) is 7.66. The fraction of sp³-hybridized carbons (Fsp3) is 0.421. The Morgan fingerprint density at radius 1 is 1.26 bits per heavy atom. The van der Waals surface area contributed by atoms with Crippen LogP contribution >= 0.6 is 23.7 Å². The van der Waals surface area contributed by atoms with Crippen molar-refractivity contribution in [2.24, 2.45) is 11.7 Å². The molecule has 1 amide bonds. The van der Waals surface area contributed by atoms with Gasteiger partial charge in [0.05, 0.1) is 4.88 Å². The molecule has 2 aromatic rings. The molecule has 0 saturated carbocycles. The molecule has 2 N–H and O–H groups in total. The smallest absolute Gasteiger partial charge is 0.387 e. The summed E-state index contributed by atoms with van der Waals surface area (Å²) in [7, 11) is 0. The summed E-state index contributed by atoms with van der Waals surface area (Å²) >= 11 is 1.41. The van der Waals surface area contributed by atoms with Gasteiger partial charge in [0, 0.05) is 24.0 Å². The SMILES string of the molecule is CC(N)C1CCCN(C(=O)c2ccc(-c3ccc(OC(F)F)cc3)s2)C1.Cl. The van der Waals surface area contributed by atoms with Gasteiger partial charge in [-0.1, -0.05) is 0 Å². The summed E-state index contributed by atoms with van der Waals surface area (Å²) < 4.78 is 28.8. The second-order valence-electron chi connectivity index (χ2n) is 6.58. The molecule has 1 aromatic heterocycles. The number of piperidine rings is 1. The number of ether oxygens (including phenoxy) is 1. The van der Waals surface area contributed by atoms with Crippen LogP contribution in [-0.4, -0.2) is 36.5 Å². The third-order valence-corrected chi connectivity index (χ3v) is 5.79. The van der Waals surface area contributed by atoms with Crippen molar-refractivity contribution in [2.75, 3.05) is 13.1 Å². The number of halogens is 3. The van der Waals surface area contributed by atoms with Crippen LogP contribution in [0, 0.1) is 5.92 Å². The van der Waals surface area contributed by atoms with Crippen molar-refractivity contribution in [2.45, 2.75) is 32.4 Å². The molecule has 0 radical (unpaired) electrons. The summed E-state index contributed by atoms with van der Waals surface area (Å²) in [6.07, 6.45) is 2.03. The van der Waals surface area contributed by atoms with E-state index < -0.39 is 6.61 Å². The molecule has 1 aliphatic heterocycles. The first kappa shape index (κ1) is 21.6. The molecule has 2 unspecified atom stereocenters. The third kappa shape index (κ3) is 5.40. The second kappa shape index (κ2) is 9.48. The molecule has 0 bridgehead atoms. The van der Waals surface area contributed by atoms with Gasteiger partial charge >= 0.3 is 6.61 Å². The van der Waals surface area contributed by atoms with E-state index in [0.717, 1.165) is 29.8 Å². The van der Waals surface area contributed by atoms with E-state index >= 15 is 0 Å². The first-order valence-corrected chi connectivity index (χ1v) is 9.45. The zero-order valence-corrected chi connectivity index (χ0v) is 16.6. The number of carbonyl (C=O) groups excluding carboxylic acids is 1.